The van der Waals surface area contributed by atoms with Gasteiger partial charge < -0.3 is 9.15 Å². The van der Waals surface area contributed by atoms with Gasteiger partial charge >= 0.3 is 0 Å². The average molecular weight is 283 g/mol. The van der Waals surface area contributed by atoms with Crippen molar-refractivity contribution in [3.05, 3.63) is 34.5 Å². The fourth-order valence-corrected chi connectivity index (χ4v) is 2.52. The Labute approximate surface area is 104 Å². The summed E-state index contributed by atoms with van der Waals surface area (Å²) in [6.07, 6.45) is 2.07. The summed E-state index contributed by atoms with van der Waals surface area (Å²) in [5, 5.41) is 1.11. The number of methoxy groups -OCH3 is 1. The lowest BCUT2D eigenvalue weighted by Crippen LogP contribution is -1.99. The summed E-state index contributed by atoms with van der Waals surface area (Å²) >= 11 is 3.59. The molecule has 0 radical (unpaired) electrons. The number of hydrogen-bond donors (Lipinski definition) is 0. The van der Waals surface area contributed by atoms with Crippen LogP contribution in [0.5, 0.6) is 0 Å². The highest BCUT2D eigenvalue weighted by Crippen LogP contribution is 2.37. The maximum Gasteiger partial charge on any atom is 0.148 e. The van der Waals surface area contributed by atoms with Crippen LogP contribution in [0.2, 0.25) is 0 Å². The van der Waals surface area contributed by atoms with Crippen LogP contribution in [0.4, 0.5) is 0 Å². The number of fused-ring (bicyclic) bond motifs is 1. The molecule has 1 aromatic heterocycles. The first-order valence-electron chi connectivity index (χ1n) is 5.47. The topological polar surface area (TPSA) is 22.4 Å². The van der Waals surface area contributed by atoms with Crippen LogP contribution in [0.3, 0.4) is 0 Å². The molecule has 1 atom stereocenters. The van der Waals surface area contributed by atoms with E-state index in [0.29, 0.717) is 0 Å². The van der Waals surface area contributed by atoms with Gasteiger partial charge in [-0.25, -0.2) is 0 Å². The predicted octanol–water partition coefficient (Wildman–Crippen LogP) is 4.68. The van der Waals surface area contributed by atoms with Gasteiger partial charge in [0.2, 0.25) is 0 Å². The summed E-state index contributed by atoms with van der Waals surface area (Å²) in [6.45, 7) is 2.14. The van der Waals surface area contributed by atoms with Crippen molar-refractivity contribution in [2.75, 3.05) is 7.11 Å². The minimum absolute atomic E-state index is 0.0341. The zero-order valence-corrected chi connectivity index (χ0v) is 11.1. The van der Waals surface area contributed by atoms with Crippen molar-refractivity contribution < 1.29 is 9.15 Å². The van der Waals surface area contributed by atoms with Crippen molar-refractivity contribution >= 4 is 26.9 Å². The highest BCUT2D eigenvalue weighted by Gasteiger charge is 2.19. The van der Waals surface area contributed by atoms with E-state index in [9.17, 15) is 0 Å². The number of hydrogen-bond acceptors (Lipinski definition) is 2. The van der Waals surface area contributed by atoms with Gasteiger partial charge in [0.25, 0.3) is 0 Å². The van der Waals surface area contributed by atoms with Crippen molar-refractivity contribution in [1.82, 2.24) is 0 Å². The second-order valence-corrected chi connectivity index (χ2v) is 4.58. The first kappa shape index (κ1) is 11.7. The molecule has 0 saturated carbocycles. The largest absolute Gasteiger partial charge is 0.457 e. The van der Waals surface area contributed by atoms with Gasteiger partial charge in [-0.2, -0.15) is 0 Å². The fraction of sp³-hybridized carbons (Fsp3) is 0.385. The van der Waals surface area contributed by atoms with Crippen LogP contribution in [0.1, 0.15) is 31.6 Å². The lowest BCUT2D eigenvalue weighted by molar-refractivity contribution is 0.0768. The summed E-state index contributed by atoms with van der Waals surface area (Å²) in [4.78, 5) is 0. The molecule has 0 saturated heterocycles. The van der Waals surface area contributed by atoms with Gasteiger partial charge in [0, 0.05) is 12.5 Å². The molecule has 2 rings (SSSR count). The van der Waals surface area contributed by atoms with Gasteiger partial charge in [-0.15, -0.1) is 0 Å². The van der Waals surface area contributed by atoms with Crippen LogP contribution in [-0.4, -0.2) is 7.11 Å². The minimum atomic E-state index is 0.0341. The van der Waals surface area contributed by atoms with Crippen molar-refractivity contribution in [2.24, 2.45) is 0 Å². The summed E-state index contributed by atoms with van der Waals surface area (Å²) in [5.74, 6) is 0.894. The zero-order chi connectivity index (χ0) is 11.5. The Morgan fingerprint density at radius 1 is 1.38 bits per heavy atom. The molecular formula is C13H15BrO2. The summed E-state index contributed by atoms with van der Waals surface area (Å²) < 4.78 is 12.3. The maximum absolute atomic E-state index is 5.83. The van der Waals surface area contributed by atoms with E-state index in [1.165, 1.54) is 0 Å². The molecule has 0 aliphatic heterocycles. The normalized spacial score (nSPS) is 13.2. The summed E-state index contributed by atoms with van der Waals surface area (Å²) in [5.41, 5.74) is 0.905. The third kappa shape index (κ3) is 2.02. The van der Waals surface area contributed by atoms with E-state index in [0.717, 1.165) is 34.0 Å². The summed E-state index contributed by atoms with van der Waals surface area (Å²) in [6, 6.07) is 8.01. The third-order valence-electron chi connectivity index (χ3n) is 2.69. The second kappa shape index (κ2) is 5.02. The predicted molar refractivity (Wildman–Crippen MR) is 68.6 cm³/mol. The van der Waals surface area contributed by atoms with Crippen LogP contribution in [0.15, 0.2) is 33.2 Å². The molecule has 16 heavy (non-hydrogen) atoms. The molecule has 1 unspecified atom stereocenters. The molecule has 0 N–H and O–H groups in total. The molecule has 2 aromatic rings. The van der Waals surface area contributed by atoms with E-state index in [1.807, 2.05) is 24.3 Å². The Morgan fingerprint density at radius 2 is 2.12 bits per heavy atom. The highest BCUT2D eigenvalue weighted by molar-refractivity contribution is 9.10. The molecule has 86 valence electrons. The van der Waals surface area contributed by atoms with Gasteiger partial charge in [0.1, 0.15) is 17.4 Å². The third-order valence-corrected chi connectivity index (χ3v) is 3.51. The molecule has 0 aliphatic carbocycles. The van der Waals surface area contributed by atoms with Crippen molar-refractivity contribution in [1.29, 1.82) is 0 Å². The van der Waals surface area contributed by atoms with Crippen LogP contribution >= 0.6 is 15.9 Å². The van der Waals surface area contributed by atoms with Gasteiger partial charge in [-0.1, -0.05) is 25.5 Å². The Morgan fingerprint density at radius 3 is 2.75 bits per heavy atom. The molecule has 1 heterocycles. The van der Waals surface area contributed by atoms with Crippen LogP contribution in [0, 0.1) is 0 Å². The molecule has 0 amide bonds. The number of halogens is 1. The first-order chi connectivity index (χ1) is 7.77. The van der Waals surface area contributed by atoms with Gasteiger partial charge in [0.15, 0.2) is 0 Å². The second-order valence-electron chi connectivity index (χ2n) is 3.79. The lowest BCUT2D eigenvalue weighted by Gasteiger charge is -2.11. The Balaban J connectivity index is 2.47. The maximum atomic E-state index is 5.83. The molecule has 0 aliphatic rings. The Kier molecular flexibility index (Phi) is 3.66. The van der Waals surface area contributed by atoms with E-state index in [2.05, 4.69) is 22.9 Å². The van der Waals surface area contributed by atoms with Crippen molar-refractivity contribution in [3.8, 4) is 0 Å². The number of benzene rings is 1. The van der Waals surface area contributed by atoms with Crippen LogP contribution in [0.25, 0.3) is 11.0 Å². The van der Waals surface area contributed by atoms with Crippen LogP contribution in [-0.2, 0) is 4.74 Å². The van der Waals surface area contributed by atoms with E-state index >= 15 is 0 Å². The number of furan rings is 1. The number of ether oxygens (including phenoxy) is 1. The quantitative estimate of drug-likeness (QED) is 0.812. The first-order valence-corrected chi connectivity index (χ1v) is 6.27. The molecular weight excluding hydrogens is 268 g/mol. The Bertz CT molecular complexity index is 476. The standard InChI is InChI=1S/C13H15BrO2/c1-3-6-11(15-2)13-12(14)9-7-4-5-8-10(9)16-13/h4-5,7-8,11H,3,6H2,1-2H3. The van der Waals surface area contributed by atoms with Gasteiger partial charge in [-0.3, -0.25) is 0 Å². The molecule has 0 spiro atoms. The molecule has 0 bridgehead atoms. The van der Waals surface area contributed by atoms with Crippen molar-refractivity contribution in [2.45, 2.75) is 25.9 Å². The number of rotatable bonds is 4. The van der Waals surface area contributed by atoms with Crippen molar-refractivity contribution in [3.63, 3.8) is 0 Å². The highest BCUT2D eigenvalue weighted by atomic mass is 79.9. The fourth-order valence-electron chi connectivity index (χ4n) is 1.86. The zero-order valence-electron chi connectivity index (χ0n) is 9.50. The van der Waals surface area contributed by atoms with E-state index in [1.54, 1.807) is 7.11 Å². The lowest BCUT2D eigenvalue weighted by atomic mass is 10.1. The van der Waals surface area contributed by atoms with E-state index in [-0.39, 0.29) is 6.10 Å². The van der Waals surface area contributed by atoms with Gasteiger partial charge in [-0.05, 0) is 34.5 Å². The van der Waals surface area contributed by atoms with E-state index < -0.39 is 0 Å². The van der Waals surface area contributed by atoms with Crippen LogP contribution < -0.4 is 0 Å². The van der Waals surface area contributed by atoms with E-state index in [4.69, 9.17) is 9.15 Å². The molecule has 1 aromatic carbocycles. The number of para-hydroxylation sites is 1. The smallest absolute Gasteiger partial charge is 0.148 e. The average Bonchev–Trinajstić information content (AvgIpc) is 2.64. The minimum Gasteiger partial charge on any atom is -0.457 e. The summed E-state index contributed by atoms with van der Waals surface area (Å²) in [7, 11) is 1.72. The molecule has 0 fully saturated rings. The van der Waals surface area contributed by atoms with Gasteiger partial charge in [0.05, 0.1) is 4.47 Å². The molecule has 3 heteroatoms. The molecule has 2 nitrogen and oxygen atoms in total. The SMILES string of the molecule is CCCC(OC)c1oc2ccccc2c1Br. The Hall–Kier alpha value is -0.800. The monoisotopic (exact) mass is 282 g/mol.